The summed E-state index contributed by atoms with van der Waals surface area (Å²) >= 11 is 0. The van der Waals surface area contributed by atoms with Gasteiger partial charge in [-0.05, 0) is 25.5 Å². The van der Waals surface area contributed by atoms with Gasteiger partial charge in [-0.25, -0.2) is 9.18 Å². The van der Waals surface area contributed by atoms with E-state index in [1.165, 1.54) is 12.1 Å². The fourth-order valence-electron chi connectivity index (χ4n) is 1.11. The lowest BCUT2D eigenvalue weighted by Gasteiger charge is -2.08. The Balaban J connectivity index is 3.18. The Bertz CT molecular complexity index is 363. The largest absolute Gasteiger partial charge is 0.462 e. The smallest absolute Gasteiger partial charge is 0.343 e. The van der Waals surface area contributed by atoms with Crippen LogP contribution in [0, 0.1) is 12.7 Å². The highest BCUT2D eigenvalue weighted by Gasteiger charge is 2.17. The number of nitrogens with two attached hydrogens (primary N) is 1. The molecule has 14 heavy (non-hydrogen) atoms. The van der Waals surface area contributed by atoms with E-state index >= 15 is 0 Å². The van der Waals surface area contributed by atoms with Gasteiger partial charge in [0, 0.05) is 0 Å². The van der Waals surface area contributed by atoms with Crippen molar-refractivity contribution in [3.8, 4) is 0 Å². The van der Waals surface area contributed by atoms with Gasteiger partial charge in [0.25, 0.3) is 0 Å². The molecule has 1 aromatic rings. The summed E-state index contributed by atoms with van der Waals surface area (Å²) < 4.78 is 17.9. The van der Waals surface area contributed by atoms with E-state index in [9.17, 15) is 9.18 Å². The molecule has 3 nitrogen and oxygen atoms in total. The van der Waals surface area contributed by atoms with Crippen molar-refractivity contribution in [2.45, 2.75) is 13.8 Å². The molecule has 0 aliphatic carbocycles. The van der Waals surface area contributed by atoms with Crippen molar-refractivity contribution in [1.29, 1.82) is 0 Å². The maximum Gasteiger partial charge on any atom is 0.343 e. The number of hydrogen-bond donors (Lipinski definition) is 1. The van der Waals surface area contributed by atoms with Gasteiger partial charge in [0.15, 0.2) is 0 Å². The topological polar surface area (TPSA) is 52.3 Å². The number of carbonyl (C=O) groups is 1. The summed E-state index contributed by atoms with van der Waals surface area (Å²) in [4.78, 5) is 11.3. The zero-order valence-corrected chi connectivity index (χ0v) is 8.13. The van der Waals surface area contributed by atoms with Crippen LogP contribution in [0.25, 0.3) is 0 Å². The highest BCUT2D eigenvalue weighted by Crippen LogP contribution is 2.20. The Kier molecular flexibility index (Phi) is 3.06. The van der Waals surface area contributed by atoms with Crippen molar-refractivity contribution in [3.63, 3.8) is 0 Å². The molecule has 76 valence electrons. The second-order valence-electron chi connectivity index (χ2n) is 2.87. The Morgan fingerprint density at radius 3 is 2.79 bits per heavy atom. The maximum atomic E-state index is 13.2. The number of hydrogen-bond acceptors (Lipinski definition) is 3. The molecule has 0 bridgehead atoms. The van der Waals surface area contributed by atoms with E-state index in [2.05, 4.69) is 4.74 Å². The molecule has 0 fully saturated rings. The van der Waals surface area contributed by atoms with Crippen LogP contribution in [0.4, 0.5) is 10.1 Å². The van der Waals surface area contributed by atoms with Gasteiger partial charge in [0.1, 0.15) is 11.4 Å². The zero-order chi connectivity index (χ0) is 10.7. The standard InChI is InChI=1S/C10H12FNO2/c1-3-14-10(13)8-7(11)5-4-6(2)9(8)12/h4-5H,3,12H2,1-2H3. The number of ether oxygens (including phenoxy) is 1. The number of rotatable bonds is 2. The van der Waals surface area contributed by atoms with Gasteiger partial charge in [-0.15, -0.1) is 0 Å². The predicted octanol–water partition coefficient (Wildman–Crippen LogP) is 1.89. The third kappa shape index (κ3) is 1.84. The van der Waals surface area contributed by atoms with Gasteiger partial charge in [-0.3, -0.25) is 0 Å². The maximum absolute atomic E-state index is 13.2. The fourth-order valence-corrected chi connectivity index (χ4v) is 1.11. The van der Waals surface area contributed by atoms with Crippen LogP contribution in [0.5, 0.6) is 0 Å². The van der Waals surface area contributed by atoms with Gasteiger partial charge >= 0.3 is 5.97 Å². The minimum Gasteiger partial charge on any atom is -0.462 e. The van der Waals surface area contributed by atoms with Crippen LogP contribution < -0.4 is 5.73 Å². The lowest BCUT2D eigenvalue weighted by atomic mass is 10.1. The summed E-state index contributed by atoms with van der Waals surface area (Å²) in [7, 11) is 0. The van der Waals surface area contributed by atoms with Crippen LogP contribution >= 0.6 is 0 Å². The van der Waals surface area contributed by atoms with E-state index in [1.54, 1.807) is 13.8 Å². The summed E-state index contributed by atoms with van der Waals surface area (Å²) in [6, 6.07) is 2.73. The third-order valence-electron chi connectivity index (χ3n) is 1.89. The normalized spacial score (nSPS) is 9.93. The van der Waals surface area contributed by atoms with Crippen LogP contribution in [0.1, 0.15) is 22.8 Å². The Morgan fingerprint density at radius 1 is 1.57 bits per heavy atom. The van der Waals surface area contributed by atoms with E-state index in [1.807, 2.05) is 0 Å². The number of anilines is 1. The summed E-state index contributed by atoms with van der Waals surface area (Å²) in [5.41, 5.74) is 6.20. The van der Waals surface area contributed by atoms with Gasteiger partial charge in [-0.2, -0.15) is 0 Å². The van der Waals surface area contributed by atoms with Crippen LogP contribution in [0.3, 0.4) is 0 Å². The second kappa shape index (κ2) is 4.09. The van der Waals surface area contributed by atoms with Gasteiger partial charge in [0.05, 0.1) is 12.3 Å². The molecule has 0 saturated heterocycles. The van der Waals surface area contributed by atoms with Crippen LogP contribution in [0.15, 0.2) is 12.1 Å². The average Bonchev–Trinajstić information content (AvgIpc) is 2.13. The van der Waals surface area contributed by atoms with Gasteiger partial charge in [0.2, 0.25) is 0 Å². The van der Waals surface area contributed by atoms with E-state index in [0.29, 0.717) is 5.56 Å². The summed E-state index contributed by atoms with van der Waals surface area (Å²) in [6.07, 6.45) is 0. The van der Waals surface area contributed by atoms with Crippen molar-refractivity contribution in [2.24, 2.45) is 0 Å². The number of esters is 1. The van der Waals surface area contributed by atoms with Crippen molar-refractivity contribution in [2.75, 3.05) is 12.3 Å². The van der Waals surface area contributed by atoms with E-state index in [4.69, 9.17) is 5.73 Å². The van der Waals surface area contributed by atoms with E-state index in [-0.39, 0.29) is 17.9 Å². The second-order valence-corrected chi connectivity index (χ2v) is 2.87. The molecule has 0 saturated carbocycles. The lowest BCUT2D eigenvalue weighted by Crippen LogP contribution is -2.11. The molecule has 1 aromatic carbocycles. The molecule has 1 rings (SSSR count). The van der Waals surface area contributed by atoms with Crippen LogP contribution in [-0.2, 0) is 4.74 Å². The number of halogens is 1. The first kappa shape index (κ1) is 10.5. The molecule has 4 heteroatoms. The predicted molar refractivity (Wildman–Crippen MR) is 51.5 cm³/mol. The molecule has 0 aliphatic rings. The van der Waals surface area contributed by atoms with Gasteiger partial charge < -0.3 is 10.5 Å². The zero-order valence-electron chi connectivity index (χ0n) is 8.13. The van der Waals surface area contributed by atoms with Crippen LogP contribution in [0.2, 0.25) is 0 Å². The van der Waals surface area contributed by atoms with Gasteiger partial charge in [-0.1, -0.05) is 6.07 Å². The molecule has 0 unspecified atom stereocenters. The number of benzene rings is 1. The number of nitrogen functional groups attached to an aromatic ring is 1. The molecular formula is C10H12FNO2. The molecule has 0 spiro atoms. The monoisotopic (exact) mass is 197 g/mol. The summed E-state index contributed by atoms with van der Waals surface area (Å²) in [5.74, 6) is -1.36. The lowest BCUT2D eigenvalue weighted by molar-refractivity contribution is 0.0522. The molecule has 0 amide bonds. The first-order valence-corrected chi connectivity index (χ1v) is 4.29. The molecule has 0 radical (unpaired) electrons. The fraction of sp³-hybridized carbons (Fsp3) is 0.300. The summed E-state index contributed by atoms with van der Waals surface area (Å²) in [6.45, 7) is 3.56. The minimum atomic E-state index is -0.716. The van der Waals surface area contributed by atoms with Crippen molar-refractivity contribution in [1.82, 2.24) is 0 Å². The van der Waals surface area contributed by atoms with Crippen LogP contribution in [-0.4, -0.2) is 12.6 Å². The highest BCUT2D eigenvalue weighted by molar-refractivity contribution is 5.96. The molecule has 2 N–H and O–H groups in total. The Morgan fingerprint density at radius 2 is 2.21 bits per heavy atom. The molecule has 0 heterocycles. The van der Waals surface area contributed by atoms with Crippen molar-refractivity contribution < 1.29 is 13.9 Å². The molecular weight excluding hydrogens is 185 g/mol. The molecule has 0 aliphatic heterocycles. The number of aryl methyl sites for hydroxylation is 1. The third-order valence-corrected chi connectivity index (χ3v) is 1.89. The first-order chi connectivity index (χ1) is 6.57. The molecule has 0 atom stereocenters. The quantitative estimate of drug-likeness (QED) is 0.581. The van der Waals surface area contributed by atoms with Crippen molar-refractivity contribution in [3.05, 3.63) is 29.1 Å². The number of carbonyl (C=O) groups excluding carboxylic acids is 1. The highest BCUT2D eigenvalue weighted by atomic mass is 19.1. The Hall–Kier alpha value is -1.58. The summed E-state index contributed by atoms with van der Waals surface area (Å²) in [5, 5.41) is 0. The first-order valence-electron chi connectivity index (χ1n) is 4.29. The average molecular weight is 197 g/mol. The van der Waals surface area contributed by atoms with E-state index in [0.717, 1.165) is 0 Å². The van der Waals surface area contributed by atoms with E-state index < -0.39 is 11.8 Å². The minimum absolute atomic E-state index is 0.142. The SMILES string of the molecule is CCOC(=O)c1c(F)ccc(C)c1N. The van der Waals surface area contributed by atoms with Crippen molar-refractivity contribution >= 4 is 11.7 Å². The molecule has 0 aromatic heterocycles. The Labute approximate surface area is 81.7 Å².